The third kappa shape index (κ3) is 1.31. The molecule has 0 aliphatic heterocycles. The van der Waals surface area contributed by atoms with Crippen molar-refractivity contribution in [3.05, 3.63) is 11.7 Å². The Bertz CT molecular complexity index is 366. The molecule has 1 atom stereocenters. The maximum absolute atomic E-state index is 9.31. The third-order valence-electron chi connectivity index (χ3n) is 4.10. The van der Waals surface area contributed by atoms with Crippen LogP contribution in [0.5, 0.6) is 0 Å². The Morgan fingerprint density at radius 2 is 1.80 bits per heavy atom. The molecular weight excluding hydrogens is 192 g/mol. The van der Waals surface area contributed by atoms with Crippen LogP contribution in [0.2, 0.25) is 0 Å². The molecular formula is C11H18N2O2. The lowest BCUT2D eigenvalue weighted by atomic mass is 10.0. The van der Waals surface area contributed by atoms with E-state index in [0.29, 0.717) is 17.6 Å². The van der Waals surface area contributed by atoms with Crippen molar-refractivity contribution < 1.29 is 9.63 Å². The van der Waals surface area contributed by atoms with E-state index in [2.05, 4.69) is 37.8 Å². The van der Waals surface area contributed by atoms with E-state index in [9.17, 15) is 5.11 Å². The predicted octanol–water partition coefficient (Wildman–Crippen LogP) is 2.27. The molecule has 84 valence electrons. The Morgan fingerprint density at radius 1 is 1.27 bits per heavy atom. The maximum atomic E-state index is 9.31. The highest BCUT2D eigenvalue weighted by molar-refractivity contribution is 5.24. The number of rotatable bonds is 2. The van der Waals surface area contributed by atoms with E-state index in [1.54, 1.807) is 6.92 Å². The SMILES string of the molecule is CC(O)c1noc(C2C(C)(C)C2(C)C)n1. The predicted molar refractivity (Wildman–Crippen MR) is 55.2 cm³/mol. The highest BCUT2D eigenvalue weighted by atomic mass is 16.5. The van der Waals surface area contributed by atoms with Crippen LogP contribution in [0.25, 0.3) is 0 Å². The van der Waals surface area contributed by atoms with Gasteiger partial charge in [0.05, 0.1) is 0 Å². The van der Waals surface area contributed by atoms with Crippen molar-refractivity contribution in [2.45, 2.75) is 46.6 Å². The second-order valence-electron chi connectivity index (χ2n) is 5.54. The standard InChI is InChI=1S/C11H18N2O2/c1-6(14)8-12-9(15-13-8)7-10(2,3)11(7,4)5/h6-7,14H,1-5H3. The van der Waals surface area contributed by atoms with Crippen LogP contribution in [0.1, 0.15) is 58.4 Å². The van der Waals surface area contributed by atoms with Gasteiger partial charge in [-0.2, -0.15) is 4.98 Å². The molecule has 1 fully saturated rings. The van der Waals surface area contributed by atoms with Crippen LogP contribution in [0.3, 0.4) is 0 Å². The highest BCUT2D eigenvalue weighted by Crippen LogP contribution is 2.73. The lowest BCUT2D eigenvalue weighted by molar-refractivity contribution is 0.184. The summed E-state index contributed by atoms with van der Waals surface area (Å²) < 4.78 is 5.20. The van der Waals surface area contributed by atoms with Crippen LogP contribution >= 0.6 is 0 Å². The molecule has 1 aliphatic carbocycles. The minimum Gasteiger partial charge on any atom is -0.385 e. The molecule has 15 heavy (non-hydrogen) atoms. The number of aliphatic hydroxyl groups excluding tert-OH is 1. The lowest BCUT2D eigenvalue weighted by Crippen LogP contribution is -1.95. The molecule has 1 N–H and O–H groups in total. The number of hydrogen-bond acceptors (Lipinski definition) is 4. The van der Waals surface area contributed by atoms with E-state index < -0.39 is 6.10 Å². The Hall–Kier alpha value is -0.900. The summed E-state index contributed by atoms with van der Waals surface area (Å²) in [5.41, 5.74) is 0.380. The Morgan fingerprint density at radius 3 is 2.13 bits per heavy atom. The lowest BCUT2D eigenvalue weighted by Gasteiger charge is -2.03. The summed E-state index contributed by atoms with van der Waals surface area (Å²) >= 11 is 0. The first kappa shape index (κ1) is 10.6. The average Bonchev–Trinajstić information content (AvgIpc) is 2.52. The highest BCUT2D eigenvalue weighted by Gasteiger charge is 2.67. The smallest absolute Gasteiger partial charge is 0.230 e. The molecule has 2 rings (SSSR count). The van der Waals surface area contributed by atoms with E-state index >= 15 is 0 Å². The number of nitrogens with zero attached hydrogens (tertiary/aromatic N) is 2. The zero-order valence-corrected chi connectivity index (χ0v) is 9.90. The van der Waals surface area contributed by atoms with E-state index in [4.69, 9.17) is 4.52 Å². The summed E-state index contributed by atoms with van der Waals surface area (Å²) in [6.07, 6.45) is -0.660. The Balaban J connectivity index is 2.26. The first-order valence-electron chi connectivity index (χ1n) is 5.30. The first-order chi connectivity index (χ1) is 6.78. The molecule has 0 bridgehead atoms. The van der Waals surface area contributed by atoms with Crippen LogP contribution in [-0.2, 0) is 0 Å². The van der Waals surface area contributed by atoms with Gasteiger partial charge in [-0.25, -0.2) is 0 Å². The fourth-order valence-electron chi connectivity index (χ4n) is 2.35. The zero-order chi connectivity index (χ0) is 11.4. The van der Waals surface area contributed by atoms with Gasteiger partial charge in [0, 0.05) is 5.92 Å². The molecule has 0 aromatic carbocycles. The molecule has 4 heteroatoms. The van der Waals surface area contributed by atoms with Crippen molar-refractivity contribution in [1.82, 2.24) is 10.1 Å². The van der Waals surface area contributed by atoms with Crippen molar-refractivity contribution in [3.8, 4) is 0 Å². The summed E-state index contributed by atoms with van der Waals surface area (Å²) in [7, 11) is 0. The van der Waals surface area contributed by atoms with Crippen LogP contribution in [0.4, 0.5) is 0 Å². The zero-order valence-electron chi connectivity index (χ0n) is 9.90. The van der Waals surface area contributed by atoms with Gasteiger partial charge >= 0.3 is 0 Å². The third-order valence-corrected chi connectivity index (χ3v) is 4.10. The molecule has 1 aromatic rings. The van der Waals surface area contributed by atoms with Gasteiger partial charge in [-0.3, -0.25) is 0 Å². The van der Waals surface area contributed by atoms with Crippen molar-refractivity contribution >= 4 is 0 Å². The van der Waals surface area contributed by atoms with Gasteiger partial charge in [0.2, 0.25) is 5.89 Å². The van der Waals surface area contributed by atoms with Gasteiger partial charge in [-0.1, -0.05) is 32.9 Å². The first-order valence-corrected chi connectivity index (χ1v) is 5.30. The molecule has 4 nitrogen and oxygen atoms in total. The van der Waals surface area contributed by atoms with Gasteiger partial charge in [0.25, 0.3) is 0 Å². The van der Waals surface area contributed by atoms with Gasteiger partial charge < -0.3 is 9.63 Å². The number of aromatic nitrogens is 2. The van der Waals surface area contributed by atoms with Crippen LogP contribution < -0.4 is 0 Å². The topological polar surface area (TPSA) is 59.2 Å². The van der Waals surface area contributed by atoms with Crippen LogP contribution in [-0.4, -0.2) is 15.2 Å². The molecule has 1 unspecified atom stereocenters. The van der Waals surface area contributed by atoms with E-state index in [0.717, 1.165) is 0 Å². The van der Waals surface area contributed by atoms with Gasteiger partial charge in [-0.05, 0) is 17.8 Å². The molecule has 1 aromatic heterocycles. The number of aliphatic hydroxyl groups is 1. The Labute approximate surface area is 89.7 Å². The minimum atomic E-state index is -0.660. The molecule has 1 heterocycles. The fourth-order valence-corrected chi connectivity index (χ4v) is 2.35. The molecule has 0 spiro atoms. The van der Waals surface area contributed by atoms with Crippen LogP contribution in [0, 0.1) is 10.8 Å². The van der Waals surface area contributed by atoms with E-state index in [1.165, 1.54) is 0 Å². The minimum absolute atomic E-state index is 0.190. The molecule has 0 amide bonds. The summed E-state index contributed by atoms with van der Waals surface area (Å²) in [5, 5.41) is 13.1. The molecule has 0 radical (unpaired) electrons. The second kappa shape index (κ2) is 2.82. The summed E-state index contributed by atoms with van der Waals surface area (Å²) in [6, 6.07) is 0. The summed E-state index contributed by atoms with van der Waals surface area (Å²) in [4.78, 5) is 4.24. The normalized spacial score (nSPS) is 25.2. The van der Waals surface area contributed by atoms with Gasteiger partial charge in [0.1, 0.15) is 6.10 Å². The largest absolute Gasteiger partial charge is 0.385 e. The molecule has 0 saturated heterocycles. The fraction of sp³-hybridized carbons (Fsp3) is 0.818. The van der Waals surface area contributed by atoms with Gasteiger partial charge in [-0.15, -0.1) is 0 Å². The monoisotopic (exact) mass is 210 g/mol. The molecule has 1 aliphatic rings. The Kier molecular flexibility index (Phi) is 1.99. The second-order valence-corrected chi connectivity index (χ2v) is 5.54. The van der Waals surface area contributed by atoms with Gasteiger partial charge in [0.15, 0.2) is 5.82 Å². The van der Waals surface area contributed by atoms with Crippen molar-refractivity contribution in [2.75, 3.05) is 0 Å². The van der Waals surface area contributed by atoms with E-state index in [1.807, 2.05) is 0 Å². The van der Waals surface area contributed by atoms with E-state index in [-0.39, 0.29) is 10.8 Å². The summed E-state index contributed by atoms with van der Waals surface area (Å²) in [6.45, 7) is 10.4. The molecule has 1 saturated carbocycles. The summed E-state index contributed by atoms with van der Waals surface area (Å²) in [5.74, 6) is 1.33. The van der Waals surface area contributed by atoms with Crippen molar-refractivity contribution in [2.24, 2.45) is 10.8 Å². The van der Waals surface area contributed by atoms with Crippen molar-refractivity contribution in [1.29, 1.82) is 0 Å². The quantitative estimate of drug-likeness (QED) is 0.813. The van der Waals surface area contributed by atoms with Crippen LogP contribution in [0.15, 0.2) is 4.52 Å². The van der Waals surface area contributed by atoms with Crippen molar-refractivity contribution in [3.63, 3.8) is 0 Å². The maximum Gasteiger partial charge on any atom is 0.230 e. The average molecular weight is 210 g/mol. The number of hydrogen-bond donors (Lipinski definition) is 1.